The van der Waals surface area contributed by atoms with Crippen LogP contribution in [0.15, 0.2) is 12.2 Å². The van der Waals surface area contributed by atoms with Gasteiger partial charge < -0.3 is 20.5 Å². The molecule has 2 amide bonds. The Labute approximate surface area is 123 Å². The largest absolute Gasteiger partial charge is 0.478 e. The van der Waals surface area contributed by atoms with Crippen molar-refractivity contribution >= 4 is 18.0 Å². The molecule has 7 heteroatoms. The third-order valence-electron chi connectivity index (χ3n) is 2.87. The maximum Gasteiger partial charge on any atom is 0.408 e. The maximum atomic E-state index is 11.8. The zero-order valence-corrected chi connectivity index (χ0v) is 12.5. The van der Waals surface area contributed by atoms with Gasteiger partial charge in [0.15, 0.2) is 0 Å². The van der Waals surface area contributed by atoms with Crippen LogP contribution in [0.5, 0.6) is 0 Å². The highest BCUT2D eigenvalue weighted by molar-refractivity contribution is 5.81. The van der Waals surface area contributed by atoms with Crippen LogP contribution in [-0.2, 0) is 14.3 Å². The average molecular weight is 298 g/mol. The lowest BCUT2D eigenvalue weighted by Crippen LogP contribution is -2.40. The molecule has 3 N–H and O–H groups in total. The minimum Gasteiger partial charge on any atom is -0.478 e. The topological polar surface area (TPSA) is 105 Å². The van der Waals surface area contributed by atoms with Crippen LogP contribution in [0.3, 0.4) is 0 Å². The number of alkyl carbamates (subject to hydrolysis) is 1. The van der Waals surface area contributed by atoms with Crippen LogP contribution in [0.25, 0.3) is 0 Å². The summed E-state index contributed by atoms with van der Waals surface area (Å²) in [6.07, 6.45) is 2.69. The quantitative estimate of drug-likeness (QED) is 0.658. The Morgan fingerprint density at radius 1 is 1.52 bits per heavy atom. The molecule has 0 aromatic rings. The average Bonchev–Trinajstić information content (AvgIpc) is 2.69. The van der Waals surface area contributed by atoms with Crippen molar-refractivity contribution in [2.24, 2.45) is 5.92 Å². The minimum absolute atomic E-state index is 0.0743. The Kier molecular flexibility index (Phi) is 5.75. The number of carbonyl (C=O) groups is 3. The summed E-state index contributed by atoms with van der Waals surface area (Å²) in [5, 5.41) is 14.0. The van der Waals surface area contributed by atoms with Crippen LogP contribution in [-0.4, -0.2) is 41.3 Å². The molecular weight excluding hydrogens is 276 g/mol. The Balaban J connectivity index is 2.65. The van der Waals surface area contributed by atoms with Crippen molar-refractivity contribution in [1.29, 1.82) is 0 Å². The molecule has 2 atom stereocenters. The molecule has 0 spiro atoms. The number of carboxylic acids is 1. The fourth-order valence-electron chi connectivity index (χ4n) is 2.02. The van der Waals surface area contributed by atoms with E-state index >= 15 is 0 Å². The molecule has 0 aromatic carbocycles. The molecule has 0 aliphatic carbocycles. The Morgan fingerprint density at radius 2 is 2.19 bits per heavy atom. The van der Waals surface area contributed by atoms with Crippen molar-refractivity contribution < 1.29 is 24.2 Å². The first-order chi connectivity index (χ1) is 9.67. The summed E-state index contributed by atoms with van der Waals surface area (Å²) in [6.45, 7) is 5.81. The second kappa shape index (κ2) is 7.10. The smallest absolute Gasteiger partial charge is 0.408 e. The van der Waals surface area contributed by atoms with E-state index in [1.807, 2.05) is 0 Å². The molecule has 1 saturated heterocycles. The van der Waals surface area contributed by atoms with E-state index in [-0.39, 0.29) is 11.8 Å². The van der Waals surface area contributed by atoms with Gasteiger partial charge in [0.05, 0.1) is 6.04 Å². The van der Waals surface area contributed by atoms with E-state index in [2.05, 4.69) is 10.6 Å². The molecule has 0 unspecified atom stereocenters. The highest BCUT2D eigenvalue weighted by Crippen LogP contribution is 2.17. The Morgan fingerprint density at radius 3 is 2.67 bits per heavy atom. The summed E-state index contributed by atoms with van der Waals surface area (Å²) in [5.74, 6) is -1.42. The van der Waals surface area contributed by atoms with Crippen LogP contribution in [0.2, 0.25) is 0 Å². The van der Waals surface area contributed by atoms with Crippen LogP contribution >= 0.6 is 0 Å². The van der Waals surface area contributed by atoms with Gasteiger partial charge in [-0.2, -0.15) is 0 Å². The molecule has 1 heterocycles. The van der Waals surface area contributed by atoms with Gasteiger partial charge in [-0.15, -0.1) is 0 Å². The predicted octanol–water partition coefficient (Wildman–Crippen LogP) is 1.05. The summed E-state index contributed by atoms with van der Waals surface area (Å²) in [7, 11) is 0. The second-order valence-electron chi connectivity index (χ2n) is 5.96. The van der Waals surface area contributed by atoms with Crippen LogP contribution in [0.4, 0.5) is 4.79 Å². The first-order valence-electron chi connectivity index (χ1n) is 6.86. The zero-order valence-electron chi connectivity index (χ0n) is 12.5. The number of nitrogens with one attached hydrogen (secondary N) is 2. The lowest BCUT2D eigenvalue weighted by Gasteiger charge is -2.23. The van der Waals surface area contributed by atoms with Crippen molar-refractivity contribution in [2.45, 2.75) is 45.3 Å². The third-order valence-corrected chi connectivity index (χ3v) is 2.87. The molecule has 1 rings (SSSR count). The number of ether oxygens (including phenoxy) is 1. The number of amides is 2. The lowest BCUT2D eigenvalue weighted by atomic mass is 9.98. The second-order valence-corrected chi connectivity index (χ2v) is 5.96. The molecule has 118 valence electrons. The van der Waals surface area contributed by atoms with Crippen molar-refractivity contribution in [2.75, 3.05) is 6.54 Å². The molecular formula is C14H22N2O5. The predicted molar refractivity (Wildman–Crippen MR) is 75.7 cm³/mol. The number of hydrogen-bond donors (Lipinski definition) is 3. The van der Waals surface area contributed by atoms with E-state index in [4.69, 9.17) is 9.84 Å². The lowest BCUT2D eigenvalue weighted by molar-refractivity contribution is -0.131. The number of hydrogen-bond acceptors (Lipinski definition) is 4. The first-order valence-corrected chi connectivity index (χ1v) is 6.86. The number of carboxylic acid groups (broad SMARTS) is 1. The molecule has 1 aliphatic rings. The fourth-order valence-corrected chi connectivity index (χ4v) is 2.02. The minimum atomic E-state index is -1.11. The van der Waals surface area contributed by atoms with Gasteiger partial charge in [0.1, 0.15) is 5.60 Å². The van der Waals surface area contributed by atoms with E-state index in [1.54, 1.807) is 20.8 Å². The highest BCUT2D eigenvalue weighted by Gasteiger charge is 2.28. The SMILES string of the molecule is CC(C)(C)OC(=O)N[C@H](/C=C/C(=O)O)C[C@@H]1CCNC1=O. The fraction of sp³-hybridized carbons (Fsp3) is 0.643. The van der Waals surface area contributed by atoms with E-state index in [0.29, 0.717) is 19.4 Å². The zero-order chi connectivity index (χ0) is 16.0. The molecule has 7 nitrogen and oxygen atoms in total. The van der Waals surface area contributed by atoms with Crippen LogP contribution < -0.4 is 10.6 Å². The van der Waals surface area contributed by atoms with Gasteiger partial charge in [0.2, 0.25) is 5.91 Å². The molecule has 0 aromatic heterocycles. The normalized spacial score (nSPS) is 20.1. The van der Waals surface area contributed by atoms with E-state index in [9.17, 15) is 14.4 Å². The monoisotopic (exact) mass is 298 g/mol. The summed E-state index contributed by atoms with van der Waals surface area (Å²) in [5.41, 5.74) is -0.643. The van der Waals surface area contributed by atoms with Crippen molar-refractivity contribution in [3.8, 4) is 0 Å². The highest BCUT2D eigenvalue weighted by atomic mass is 16.6. The molecule has 1 aliphatic heterocycles. The number of aliphatic carboxylic acids is 1. The van der Waals surface area contributed by atoms with Gasteiger partial charge in [0.25, 0.3) is 0 Å². The third kappa shape index (κ3) is 6.78. The van der Waals surface area contributed by atoms with Crippen molar-refractivity contribution in [1.82, 2.24) is 10.6 Å². The molecule has 0 radical (unpaired) electrons. The van der Waals surface area contributed by atoms with Crippen LogP contribution in [0.1, 0.15) is 33.6 Å². The summed E-state index contributed by atoms with van der Waals surface area (Å²) >= 11 is 0. The van der Waals surface area contributed by atoms with Gasteiger partial charge in [0, 0.05) is 18.5 Å². The summed E-state index contributed by atoms with van der Waals surface area (Å²) in [6, 6.07) is -0.565. The summed E-state index contributed by atoms with van der Waals surface area (Å²) in [4.78, 5) is 33.9. The van der Waals surface area contributed by atoms with Gasteiger partial charge in [-0.05, 0) is 33.6 Å². The van der Waals surface area contributed by atoms with E-state index in [0.717, 1.165) is 6.08 Å². The molecule has 21 heavy (non-hydrogen) atoms. The van der Waals surface area contributed by atoms with Gasteiger partial charge >= 0.3 is 12.1 Å². The first kappa shape index (κ1) is 17.0. The molecule has 0 saturated carbocycles. The van der Waals surface area contributed by atoms with Crippen LogP contribution in [0, 0.1) is 5.92 Å². The van der Waals surface area contributed by atoms with Crippen molar-refractivity contribution in [3.63, 3.8) is 0 Å². The standard InChI is InChI=1S/C14H22N2O5/c1-14(2,3)21-13(20)16-10(4-5-11(17)18)8-9-6-7-15-12(9)19/h4-5,9-10H,6-8H2,1-3H3,(H,15,19)(H,16,20)(H,17,18)/b5-4+/t9-,10+/m0/s1. The van der Waals surface area contributed by atoms with E-state index in [1.165, 1.54) is 6.08 Å². The van der Waals surface area contributed by atoms with Gasteiger partial charge in [-0.1, -0.05) is 6.08 Å². The molecule has 1 fully saturated rings. The van der Waals surface area contributed by atoms with Gasteiger partial charge in [-0.25, -0.2) is 9.59 Å². The Hall–Kier alpha value is -2.05. The maximum absolute atomic E-state index is 11.8. The molecule has 0 bridgehead atoms. The number of rotatable bonds is 5. The van der Waals surface area contributed by atoms with Gasteiger partial charge in [-0.3, -0.25) is 4.79 Å². The summed E-state index contributed by atoms with van der Waals surface area (Å²) < 4.78 is 5.13. The Bertz CT molecular complexity index is 439. The van der Waals surface area contributed by atoms with E-state index < -0.39 is 23.7 Å². The number of carbonyl (C=O) groups excluding carboxylic acids is 2. The van der Waals surface area contributed by atoms with Crippen molar-refractivity contribution in [3.05, 3.63) is 12.2 Å².